The molecule has 1 aliphatic heterocycles. The Balaban J connectivity index is 1.88. The molecule has 3 rings (SSSR count). The Morgan fingerprint density at radius 2 is 1.63 bits per heavy atom. The summed E-state index contributed by atoms with van der Waals surface area (Å²) in [5.74, 6) is -0.343. The van der Waals surface area contributed by atoms with Crippen molar-refractivity contribution in [3.63, 3.8) is 0 Å². The van der Waals surface area contributed by atoms with Crippen molar-refractivity contribution >= 4 is 5.91 Å². The van der Waals surface area contributed by atoms with Crippen molar-refractivity contribution in [2.45, 2.75) is 49.3 Å². The van der Waals surface area contributed by atoms with Crippen molar-refractivity contribution in [3.8, 4) is 0 Å². The van der Waals surface area contributed by atoms with Gasteiger partial charge in [0.25, 0.3) is 0 Å². The van der Waals surface area contributed by atoms with Gasteiger partial charge >= 0.3 is 12.4 Å². The van der Waals surface area contributed by atoms with Gasteiger partial charge in [0.1, 0.15) is 5.54 Å². The summed E-state index contributed by atoms with van der Waals surface area (Å²) in [4.78, 5) is 12.2. The van der Waals surface area contributed by atoms with Crippen LogP contribution in [0.15, 0.2) is 48.5 Å². The summed E-state index contributed by atoms with van der Waals surface area (Å²) in [6.07, 6.45) is -10.3. The number of likely N-dealkylation sites (N-methyl/N-ethyl adjacent to an activating group) is 1. The molecule has 5 nitrogen and oxygen atoms in total. The maximum absolute atomic E-state index is 13.3. The number of nitrogens with two attached hydrogens (primary N) is 1. The van der Waals surface area contributed by atoms with Crippen LogP contribution >= 0.6 is 0 Å². The number of carbonyl (C=O) groups is 1. The van der Waals surface area contributed by atoms with E-state index in [0.717, 1.165) is 5.56 Å². The van der Waals surface area contributed by atoms with Gasteiger partial charge in [-0.15, -0.1) is 0 Å². The van der Waals surface area contributed by atoms with Crippen LogP contribution in [0.25, 0.3) is 0 Å². The van der Waals surface area contributed by atoms with Gasteiger partial charge in [-0.05, 0) is 49.1 Å². The Labute approximate surface area is 199 Å². The van der Waals surface area contributed by atoms with Gasteiger partial charge in [-0.1, -0.05) is 30.3 Å². The summed E-state index contributed by atoms with van der Waals surface area (Å²) >= 11 is 0. The highest BCUT2D eigenvalue weighted by Gasteiger charge is 2.45. The van der Waals surface area contributed by atoms with E-state index in [4.69, 9.17) is 10.5 Å². The van der Waals surface area contributed by atoms with Crippen molar-refractivity contribution in [3.05, 3.63) is 70.8 Å². The molecular weight excluding hydrogens is 476 g/mol. The summed E-state index contributed by atoms with van der Waals surface area (Å²) in [6.45, 7) is 1.43. The molecule has 1 amide bonds. The zero-order valence-electron chi connectivity index (χ0n) is 19.2. The highest BCUT2D eigenvalue weighted by molar-refractivity contribution is 5.86. The number of hydrogen-bond donors (Lipinski definition) is 3. The zero-order chi connectivity index (χ0) is 26.1. The van der Waals surface area contributed by atoms with E-state index in [2.05, 4.69) is 10.6 Å². The van der Waals surface area contributed by atoms with Gasteiger partial charge < -0.3 is 21.1 Å². The smallest absolute Gasteiger partial charge is 0.372 e. The fourth-order valence-electron chi connectivity index (χ4n) is 4.17. The molecule has 1 fully saturated rings. The lowest BCUT2D eigenvalue weighted by molar-refractivity contribution is -0.143. The van der Waals surface area contributed by atoms with Gasteiger partial charge in [-0.2, -0.15) is 26.3 Å². The number of alkyl halides is 6. The van der Waals surface area contributed by atoms with Crippen LogP contribution in [0.1, 0.15) is 48.1 Å². The third kappa shape index (κ3) is 5.96. The second kappa shape index (κ2) is 9.79. The third-order valence-corrected chi connectivity index (χ3v) is 6.40. The quantitative estimate of drug-likeness (QED) is 0.507. The molecule has 4 N–H and O–H groups in total. The predicted octanol–water partition coefficient (Wildman–Crippen LogP) is 4.52. The molecule has 11 heteroatoms. The Morgan fingerprint density at radius 1 is 1.06 bits per heavy atom. The largest absolute Gasteiger partial charge is 0.416 e. The summed E-state index contributed by atoms with van der Waals surface area (Å²) in [5.41, 5.74) is 1.99. The number of ether oxygens (including phenoxy) is 1. The molecule has 2 aromatic carbocycles. The summed E-state index contributed by atoms with van der Waals surface area (Å²) in [7, 11) is 1.48. The van der Waals surface area contributed by atoms with Gasteiger partial charge in [0.15, 0.2) is 0 Å². The minimum Gasteiger partial charge on any atom is -0.372 e. The van der Waals surface area contributed by atoms with E-state index < -0.39 is 40.7 Å². The second-order valence-corrected chi connectivity index (χ2v) is 8.83. The average Bonchev–Trinajstić information content (AvgIpc) is 2.82. The van der Waals surface area contributed by atoms with Crippen LogP contribution in [0.2, 0.25) is 0 Å². The van der Waals surface area contributed by atoms with E-state index in [1.54, 1.807) is 12.1 Å². The van der Waals surface area contributed by atoms with E-state index in [-0.39, 0.29) is 37.1 Å². The highest BCUT2D eigenvalue weighted by Crippen LogP contribution is 2.39. The number of halogens is 6. The average molecular weight is 503 g/mol. The van der Waals surface area contributed by atoms with Gasteiger partial charge in [-0.3, -0.25) is 4.79 Å². The molecule has 2 aromatic rings. The molecular formula is C24H27F6N3O2. The standard InChI is InChI=1S/C24H27F6N3O2/c1-15(16-10-18(23(25,26)27)12-19(11-16)24(28,29)30)35-14-22(17-6-4-3-5-7-17)9-8-21(31,13-33-22)20(34)32-2/h3-7,10-12,15,33H,8-9,13-14,31H2,1-2H3,(H,32,34)/t15?,21-,22?/m0/s1. The number of carbonyl (C=O) groups excluding carboxylic acids is 1. The van der Waals surface area contributed by atoms with Crippen molar-refractivity contribution < 1.29 is 35.9 Å². The number of amides is 1. The number of rotatable bonds is 6. The van der Waals surface area contributed by atoms with Crippen molar-refractivity contribution in [1.82, 2.24) is 10.6 Å². The molecule has 192 valence electrons. The fourth-order valence-corrected chi connectivity index (χ4v) is 4.17. The molecule has 0 aliphatic carbocycles. The van der Waals surface area contributed by atoms with E-state index in [1.165, 1.54) is 14.0 Å². The molecule has 2 unspecified atom stereocenters. The van der Waals surface area contributed by atoms with Crippen LogP contribution in [0, 0.1) is 0 Å². The molecule has 0 bridgehead atoms. The van der Waals surface area contributed by atoms with Gasteiger partial charge in [0.05, 0.1) is 29.4 Å². The number of hydrogen-bond acceptors (Lipinski definition) is 4. The Kier molecular flexibility index (Phi) is 7.54. The van der Waals surface area contributed by atoms with Gasteiger partial charge in [0.2, 0.25) is 5.91 Å². The first kappa shape index (κ1) is 27.0. The molecule has 35 heavy (non-hydrogen) atoms. The molecule has 1 heterocycles. The van der Waals surface area contributed by atoms with Crippen molar-refractivity contribution in [1.29, 1.82) is 0 Å². The molecule has 0 spiro atoms. The van der Waals surface area contributed by atoms with Crippen LogP contribution < -0.4 is 16.4 Å². The lowest BCUT2D eigenvalue weighted by Gasteiger charge is -2.45. The zero-order valence-corrected chi connectivity index (χ0v) is 19.2. The first-order chi connectivity index (χ1) is 16.2. The summed E-state index contributed by atoms with van der Waals surface area (Å²) in [5, 5.41) is 5.79. The lowest BCUT2D eigenvalue weighted by Crippen LogP contribution is -2.67. The molecule has 0 saturated carbocycles. The van der Waals surface area contributed by atoms with Gasteiger partial charge in [0, 0.05) is 13.6 Å². The Bertz CT molecular complexity index is 1000. The maximum Gasteiger partial charge on any atom is 0.416 e. The van der Waals surface area contributed by atoms with Crippen LogP contribution in [0.3, 0.4) is 0 Å². The Morgan fingerprint density at radius 3 is 2.09 bits per heavy atom. The minimum atomic E-state index is -4.95. The first-order valence-corrected chi connectivity index (χ1v) is 10.9. The van der Waals surface area contributed by atoms with Crippen molar-refractivity contribution in [2.24, 2.45) is 5.73 Å². The summed E-state index contributed by atoms with van der Waals surface area (Å²) < 4.78 is 85.5. The maximum atomic E-state index is 13.3. The monoisotopic (exact) mass is 503 g/mol. The SMILES string of the molecule is CNC(=O)[C@]1(N)CCC(COC(C)c2cc(C(F)(F)F)cc(C(F)(F)F)c2)(c2ccccc2)NC1. The third-order valence-electron chi connectivity index (χ3n) is 6.40. The van der Waals surface area contributed by atoms with Crippen LogP contribution in [0.4, 0.5) is 26.3 Å². The molecule has 3 atom stereocenters. The Hall–Kier alpha value is -2.63. The number of nitrogens with one attached hydrogen (secondary N) is 2. The minimum absolute atomic E-state index is 0.0698. The molecule has 1 saturated heterocycles. The number of piperidine rings is 1. The molecule has 1 aliphatic rings. The highest BCUT2D eigenvalue weighted by atomic mass is 19.4. The lowest BCUT2D eigenvalue weighted by atomic mass is 9.76. The molecule has 0 radical (unpaired) electrons. The van der Waals surface area contributed by atoms with Crippen LogP contribution in [-0.2, 0) is 27.4 Å². The van der Waals surface area contributed by atoms with E-state index in [0.29, 0.717) is 18.6 Å². The van der Waals surface area contributed by atoms with E-state index in [1.807, 2.05) is 18.2 Å². The van der Waals surface area contributed by atoms with Crippen LogP contribution in [0.5, 0.6) is 0 Å². The van der Waals surface area contributed by atoms with Gasteiger partial charge in [-0.25, -0.2) is 0 Å². The van der Waals surface area contributed by atoms with Crippen molar-refractivity contribution in [2.75, 3.05) is 20.2 Å². The van der Waals surface area contributed by atoms with E-state index in [9.17, 15) is 31.1 Å². The second-order valence-electron chi connectivity index (χ2n) is 8.83. The topological polar surface area (TPSA) is 76.4 Å². The van der Waals surface area contributed by atoms with Crippen LogP contribution in [-0.4, -0.2) is 31.6 Å². The molecule has 0 aromatic heterocycles. The first-order valence-electron chi connectivity index (χ1n) is 10.9. The fraction of sp³-hybridized carbons (Fsp3) is 0.458. The predicted molar refractivity (Wildman–Crippen MR) is 117 cm³/mol. The van der Waals surface area contributed by atoms with E-state index >= 15 is 0 Å². The number of benzene rings is 2. The normalized spacial score (nSPS) is 24.1. The summed E-state index contributed by atoms with van der Waals surface area (Å²) in [6, 6.07) is 10.5.